The third kappa shape index (κ3) is 2.65. The summed E-state index contributed by atoms with van der Waals surface area (Å²) >= 11 is 0. The zero-order valence-electron chi connectivity index (χ0n) is 12.3. The van der Waals surface area contributed by atoms with E-state index in [4.69, 9.17) is 0 Å². The van der Waals surface area contributed by atoms with Crippen molar-refractivity contribution in [3.63, 3.8) is 0 Å². The number of rotatable bonds is 4. The lowest BCUT2D eigenvalue weighted by atomic mass is 9.66. The average Bonchev–Trinajstić information content (AvgIpc) is 3.04. The lowest BCUT2D eigenvalue weighted by Gasteiger charge is -2.39. The SMILES string of the molecule is CC(Cc1ccccc1)(c1ncc[nH]1)C1CCCCC1. The van der Waals surface area contributed by atoms with Gasteiger partial charge in [-0.1, -0.05) is 56.5 Å². The highest BCUT2D eigenvalue weighted by atomic mass is 14.9. The molecular formula is C18H24N2. The molecule has 1 heterocycles. The minimum Gasteiger partial charge on any atom is -0.348 e. The Labute approximate surface area is 121 Å². The van der Waals surface area contributed by atoms with E-state index in [-0.39, 0.29) is 5.41 Å². The Kier molecular flexibility index (Phi) is 3.90. The second kappa shape index (κ2) is 5.82. The third-order valence-corrected chi connectivity index (χ3v) is 4.96. The fourth-order valence-corrected chi connectivity index (χ4v) is 3.76. The van der Waals surface area contributed by atoms with Crippen LogP contribution in [0, 0.1) is 5.92 Å². The quantitative estimate of drug-likeness (QED) is 0.869. The monoisotopic (exact) mass is 268 g/mol. The summed E-state index contributed by atoms with van der Waals surface area (Å²) in [4.78, 5) is 7.99. The van der Waals surface area contributed by atoms with E-state index in [0.29, 0.717) is 0 Å². The zero-order valence-corrected chi connectivity index (χ0v) is 12.3. The van der Waals surface area contributed by atoms with Crippen molar-refractivity contribution in [1.29, 1.82) is 0 Å². The molecule has 1 saturated carbocycles. The van der Waals surface area contributed by atoms with E-state index >= 15 is 0 Å². The second-order valence-corrected chi connectivity index (χ2v) is 6.35. The van der Waals surface area contributed by atoms with E-state index in [1.165, 1.54) is 37.7 Å². The van der Waals surface area contributed by atoms with Crippen LogP contribution in [0.2, 0.25) is 0 Å². The number of nitrogens with one attached hydrogen (secondary N) is 1. The van der Waals surface area contributed by atoms with Crippen LogP contribution in [0.1, 0.15) is 50.4 Å². The van der Waals surface area contributed by atoms with Gasteiger partial charge < -0.3 is 4.98 Å². The second-order valence-electron chi connectivity index (χ2n) is 6.35. The molecule has 1 atom stereocenters. The molecule has 0 aliphatic heterocycles. The maximum absolute atomic E-state index is 4.60. The van der Waals surface area contributed by atoms with E-state index in [2.05, 4.69) is 47.2 Å². The molecule has 2 aromatic rings. The number of imidazole rings is 1. The van der Waals surface area contributed by atoms with Gasteiger partial charge in [0.05, 0.1) is 0 Å². The van der Waals surface area contributed by atoms with Crippen LogP contribution >= 0.6 is 0 Å². The van der Waals surface area contributed by atoms with Gasteiger partial charge in [0.1, 0.15) is 5.82 Å². The molecule has 0 bridgehead atoms. The normalized spacial score (nSPS) is 19.6. The highest BCUT2D eigenvalue weighted by Crippen LogP contribution is 2.41. The van der Waals surface area contributed by atoms with Crippen molar-refractivity contribution in [2.45, 2.75) is 50.9 Å². The average molecular weight is 268 g/mol. The first kappa shape index (κ1) is 13.4. The van der Waals surface area contributed by atoms with Crippen LogP contribution in [-0.4, -0.2) is 9.97 Å². The van der Waals surface area contributed by atoms with Gasteiger partial charge in [-0.15, -0.1) is 0 Å². The molecule has 20 heavy (non-hydrogen) atoms. The van der Waals surface area contributed by atoms with E-state index < -0.39 is 0 Å². The summed E-state index contributed by atoms with van der Waals surface area (Å²) in [6.07, 6.45) is 11.7. The number of benzene rings is 1. The molecule has 1 N–H and O–H groups in total. The van der Waals surface area contributed by atoms with Crippen molar-refractivity contribution in [1.82, 2.24) is 9.97 Å². The first-order chi connectivity index (χ1) is 9.79. The predicted octanol–water partition coefficient (Wildman–Crippen LogP) is 4.49. The van der Waals surface area contributed by atoms with Crippen molar-refractivity contribution in [3.8, 4) is 0 Å². The number of hydrogen-bond donors (Lipinski definition) is 1. The van der Waals surface area contributed by atoms with E-state index in [1.54, 1.807) is 0 Å². The van der Waals surface area contributed by atoms with Gasteiger partial charge in [-0.05, 0) is 30.7 Å². The molecule has 1 unspecified atom stereocenters. The van der Waals surface area contributed by atoms with Crippen molar-refractivity contribution in [2.24, 2.45) is 5.92 Å². The summed E-state index contributed by atoms with van der Waals surface area (Å²) in [5.41, 5.74) is 1.54. The highest BCUT2D eigenvalue weighted by molar-refractivity contribution is 5.22. The summed E-state index contributed by atoms with van der Waals surface area (Å²) in [6.45, 7) is 2.40. The number of nitrogens with zero attached hydrogens (tertiary/aromatic N) is 1. The van der Waals surface area contributed by atoms with Crippen molar-refractivity contribution in [3.05, 3.63) is 54.1 Å². The minimum absolute atomic E-state index is 0.130. The molecule has 1 fully saturated rings. The maximum atomic E-state index is 4.60. The Hall–Kier alpha value is -1.57. The summed E-state index contributed by atoms with van der Waals surface area (Å²) in [7, 11) is 0. The first-order valence-corrected chi connectivity index (χ1v) is 7.83. The van der Waals surface area contributed by atoms with Crippen LogP contribution < -0.4 is 0 Å². The van der Waals surface area contributed by atoms with Gasteiger partial charge in [0, 0.05) is 17.8 Å². The van der Waals surface area contributed by atoms with Crippen LogP contribution in [0.15, 0.2) is 42.7 Å². The number of aromatic nitrogens is 2. The zero-order chi connectivity index (χ0) is 13.8. The molecule has 0 spiro atoms. The molecular weight excluding hydrogens is 244 g/mol. The Balaban J connectivity index is 1.90. The molecule has 2 nitrogen and oxygen atoms in total. The van der Waals surface area contributed by atoms with E-state index in [1.807, 2.05) is 12.4 Å². The van der Waals surface area contributed by atoms with Crippen molar-refractivity contribution >= 4 is 0 Å². The van der Waals surface area contributed by atoms with Crippen LogP contribution in [0.4, 0.5) is 0 Å². The Morgan fingerprint density at radius 3 is 2.55 bits per heavy atom. The summed E-state index contributed by atoms with van der Waals surface area (Å²) in [6, 6.07) is 10.8. The van der Waals surface area contributed by atoms with Gasteiger partial charge >= 0.3 is 0 Å². The number of hydrogen-bond acceptors (Lipinski definition) is 1. The molecule has 1 aliphatic rings. The molecule has 0 saturated heterocycles. The van der Waals surface area contributed by atoms with Gasteiger partial charge in [-0.25, -0.2) is 4.98 Å². The van der Waals surface area contributed by atoms with Crippen LogP contribution in [0.25, 0.3) is 0 Å². The molecule has 3 rings (SSSR count). The van der Waals surface area contributed by atoms with Gasteiger partial charge in [-0.3, -0.25) is 0 Å². The molecule has 1 aromatic heterocycles. The molecule has 0 radical (unpaired) electrons. The molecule has 0 amide bonds. The summed E-state index contributed by atoms with van der Waals surface area (Å²) < 4.78 is 0. The van der Waals surface area contributed by atoms with Crippen LogP contribution in [0.3, 0.4) is 0 Å². The van der Waals surface area contributed by atoms with Gasteiger partial charge in [-0.2, -0.15) is 0 Å². The van der Waals surface area contributed by atoms with Gasteiger partial charge in [0.25, 0.3) is 0 Å². The fraction of sp³-hybridized carbons (Fsp3) is 0.500. The van der Waals surface area contributed by atoms with Crippen LogP contribution in [0.5, 0.6) is 0 Å². The van der Waals surface area contributed by atoms with E-state index in [0.717, 1.165) is 18.2 Å². The molecule has 106 valence electrons. The Morgan fingerprint density at radius 1 is 1.15 bits per heavy atom. The van der Waals surface area contributed by atoms with E-state index in [9.17, 15) is 0 Å². The highest BCUT2D eigenvalue weighted by Gasteiger charge is 2.38. The smallest absolute Gasteiger partial charge is 0.112 e. The van der Waals surface area contributed by atoms with Crippen LogP contribution in [-0.2, 0) is 11.8 Å². The topological polar surface area (TPSA) is 28.7 Å². The number of aromatic amines is 1. The first-order valence-electron chi connectivity index (χ1n) is 7.83. The maximum Gasteiger partial charge on any atom is 0.112 e. The summed E-state index contributed by atoms with van der Waals surface area (Å²) in [5, 5.41) is 0. The lowest BCUT2D eigenvalue weighted by Crippen LogP contribution is -2.37. The largest absolute Gasteiger partial charge is 0.348 e. The molecule has 1 aromatic carbocycles. The van der Waals surface area contributed by atoms with Gasteiger partial charge in [0.2, 0.25) is 0 Å². The molecule has 2 heteroatoms. The standard InChI is InChI=1S/C18H24N2/c1-18(17-19-12-13-20-17,16-10-6-3-7-11-16)14-15-8-4-2-5-9-15/h2,4-5,8-9,12-13,16H,3,6-7,10-11,14H2,1H3,(H,19,20). The number of H-pyrrole nitrogens is 1. The fourth-order valence-electron chi connectivity index (χ4n) is 3.76. The minimum atomic E-state index is 0.130. The van der Waals surface area contributed by atoms with Gasteiger partial charge in [0.15, 0.2) is 0 Å². The predicted molar refractivity (Wildman–Crippen MR) is 82.7 cm³/mol. The third-order valence-electron chi connectivity index (χ3n) is 4.96. The Bertz CT molecular complexity index is 512. The van der Waals surface area contributed by atoms with Crippen molar-refractivity contribution < 1.29 is 0 Å². The van der Waals surface area contributed by atoms with Crippen molar-refractivity contribution in [2.75, 3.05) is 0 Å². The Morgan fingerprint density at radius 2 is 1.90 bits per heavy atom. The molecule has 1 aliphatic carbocycles. The lowest BCUT2D eigenvalue weighted by molar-refractivity contribution is 0.208. The summed E-state index contributed by atoms with van der Waals surface area (Å²) in [5.74, 6) is 1.90.